The molecule has 216 valence electrons. The molecule has 3 nitrogen and oxygen atoms in total. The largest absolute Gasteiger partial charge is 0.416 e. The minimum absolute atomic E-state index is 0.0711. The van der Waals surface area contributed by atoms with Crippen LogP contribution < -0.4 is 0 Å². The molecule has 0 radical (unpaired) electrons. The smallest absolute Gasteiger partial charge is 0.191 e. The Morgan fingerprint density at radius 1 is 0.730 bits per heavy atom. The van der Waals surface area contributed by atoms with Crippen LogP contribution in [0.4, 0.5) is 0 Å². The van der Waals surface area contributed by atoms with Gasteiger partial charge in [0.25, 0.3) is 0 Å². The van der Waals surface area contributed by atoms with Crippen molar-refractivity contribution >= 4 is 8.32 Å². The molecule has 1 aromatic carbocycles. The van der Waals surface area contributed by atoms with E-state index >= 15 is 0 Å². The van der Waals surface area contributed by atoms with Gasteiger partial charge in [0.2, 0.25) is 0 Å². The van der Waals surface area contributed by atoms with Gasteiger partial charge in [-0.3, -0.25) is 0 Å². The van der Waals surface area contributed by atoms with Gasteiger partial charge in [0, 0.05) is 18.4 Å². The lowest BCUT2D eigenvalue weighted by atomic mass is 9.87. The van der Waals surface area contributed by atoms with Gasteiger partial charge in [-0.05, 0) is 30.1 Å². The second kappa shape index (κ2) is 21.2. The van der Waals surface area contributed by atoms with Crippen molar-refractivity contribution in [1.82, 2.24) is 0 Å². The molecule has 4 heteroatoms. The molecule has 37 heavy (non-hydrogen) atoms. The van der Waals surface area contributed by atoms with Crippen molar-refractivity contribution in [2.45, 2.75) is 156 Å². The summed E-state index contributed by atoms with van der Waals surface area (Å²) in [5.41, 5.74) is 1.20. The molecule has 0 saturated carbocycles. The molecule has 0 aliphatic rings. The number of aliphatic hydroxyl groups is 1. The van der Waals surface area contributed by atoms with Crippen LogP contribution in [0.5, 0.6) is 0 Å². The van der Waals surface area contributed by atoms with E-state index in [1.165, 1.54) is 76.2 Å². The van der Waals surface area contributed by atoms with Crippen molar-refractivity contribution in [2.24, 2.45) is 11.8 Å². The SMILES string of the molecule is CCCCCCCCCCCCC[C@@H](OCc1ccccc1)[C@H](C)[C@@H](O)[C@@H](C)CO[Si](CC)(CC)CC. The molecule has 0 saturated heterocycles. The highest BCUT2D eigenvalue weighted by atomic mass is 28.4. The number of hydrogen-bond acceptors (Lipinski definition) is 3. The summed E-state index contributed by atoms with van der Waals surface area (Å²) in [6.45, 7) is 14.7. The van der Waals surface area contributed by atoms with Crippen LogP contribution in [-0.4, -0.2) is 32.2 Å². The maximum Gasteiger partial charge on any atom is 0.191 e. The molecule has 0 heterocycles. The van der Waals surface area contributed by atoms with E-state index in [9.17, 15) is 5.11 Å². The van der Waals surface area contributed by atoms with Gasteiger partial charge in [-0.25, -0.2) is 0 Å². The Balaban J connectivity index is 2.53. The van der Waals surface area contributed by atoms with Crippen LogP contribution in [0.1, 0.15) is 124 Å². The van der Waals surface area contributed by atoms with Crippen molar-refractivity contribution in [3.8, 4) is 0 Å². The number of ether oxygens (including phenoxy) is 1. The van der Waals surface area contributed by atoms with E-state index in [1.807, 2.05) is 6.07 Å². The second-order valence-electron chi connectivity index (χ2n) is 11.5. The predicted octanol–water partition coefficient (Wildman–Crippen LogP) is 9.93. The summed E-state index contributed by atoms with van der Waals surface area (Å²) in [6.07, 6.45) is 15.5. The monoisotopic (exact) mass is 534 g/mol. The van der Waals surface area contributed by atoms with Gasteiger partial charge >= 0.3 is 0 Å². The number of unbranched alkanes of at least 4 members (excludes halogenated alkanes) is 10. The highest BCUT2D eigenvalue weighted by Crippen LogP contribution is 2.27. The highest BCUT2D eigenvalue weighted by molar-refractivity contribution is 6.73. The zero-order valence-electron chi connectivity index (χ0n) is 25.5. The lowest BCUT2D eigenvalue weighted by Crippen LogP contribution is -2.41. The molecule has 0 unspecified atom stereocenters. The van der Waals surface area contributed by atoms with Crippen molar-refractivity contribution in [3.05, 3.63) is 35.9 Å². The second-order valence-corrected chi connectivity index (χ2v) is 16.3. The Hall–Kier alpha value is -0.683. The number of rotatable bonds is 24. The van der Waals surface area contributed by atoms with Crippen molar-refractivity contribution < 1.29 is 14.3 Å². The topological polar surface area (TPSA) is 38.7 Å². The summed E-state index contributed by atoms with van der Waals surface area (Å²) in [5, 5.41) is 11.3. The molecule has 0 aromatic heterocycles. The summed E-state index contributed by atoms with van der Waals surface area (Å²) in [4.78, 5) is 0. The Kier molecular flexibility index (Phi) is 19.7. The minimum Gasteiger partial charge on any atom is -0.416 e. The summed E-state index contributed by atoms with van der Waals surface area (Å²) >= 11 is 0. The number of aliphatic hydroxyl groups excluding tert-OH is 1. The molecule has 0 fully saturated rings. The lowest BCUT2D eigenvalue weighted by Gasteiger charge is -2.34. The highest BCUT2D eigenvalue weighted by Gasteiger charge is 2.33. The average molecular weight is 535 g/mol. The standard InChI is InChI=1S/C33H62O3Si/c1-7-11-12-13-14-15-16-17-18-19-23-26-32(35-28-31-24-21-20-22-25-31)30(6)33(34)29(5)27-36-37(8-2,9-3)10-4/h20-22,24-25,29-30,32-34H,7-19,23,26-28H2,1-6H3/t29-,30-,32+,33-/m0/s1. The van der Waals surface area contributed by atoms with E-state index in [0.29, 0.717) is 13.2 Å². The van der Waals surface area contributed by atoms with Crippen LogP contribution in [0.3, 0.4) is 0 Å². The van der Waals surface area contributed by atoms with Crippen molar-refractivity contribution in [3.63, 3.8) is 0 Å². The first-order valence-corrected chi connectivity index (χ1v) is 18.4. The van der Waals surface area contributed by atoms with Gasteiger partial charge in [0.05, 0.1) is 18.8 Å². The summed E-state index contributed by atoms with van der Waals surface area (Å²) in [5.74, 6) is 0.207. The molecule has 0 spiro atoms. The van der Waals surface area contributed by atoms with Crippen LogP contribution in [0, 0.1) is 11.8 Å². The first-order valence-electron chi connectivity index (χ1n) is 15.9. The van der Waals surface area contributed by atoms with E-state index in [0.717, 1.165) is 24.6 Å². The average Bonchev–Trinajstić information content (AvgIpc) is 2.94. The summed E-state index contributed by atoms with van der Waals surface area (Å²) in [7, 11) is -1.64. The van der Waals surface area contributed by atoms with Gasteiger partial charge in [-0.1, -0.05) is 143 Å². The van der Waals surface area contributed by atoms with Crippen molar-refractivity contribution in [1.29, 1.82) is 0 Å². The van der Waals surface area contributed by atoms with E-state index in [1.54, 1.807) is 0 Å². The number of hydrogen-bond donors (Lipinski definition) is 1. The van der Waals surface area contributed by atoms with Crippen molar-refractivity contribution in [2.75, 3.05) is 6.61 Å². The molecule has 1 N–H and O–H groups in total. The Bertz CT molecular complexity index is 625. The van der Waals surface area contributed by atoms with Gasteiger partial charge in [0.15, 0.2) is 8.32 Å². The van der Waals surface area contributed by atoms with Gasteiger partial charge in [-0.2, -0.15) is 0 Å². The van der Waals surface area contributed by atoms with Crippen LogP contribution >= 0.6 is 0 Å². The summed E-state index contributed by atoms with van der Waals surface area (Å²) < 4.78 is 13.0. The zero-order chi connectivity index (χ0) is 27.4. The third kappa shape index (κ3) is 14.3. The third-order valence-electron chi connectivity index (χ3n) is 8.69. The van der Waals surface area contributed by atoms with Crippen LogP contribution in [0.2, 0.25) is 18.1 Å². The molecule has 0 aliphatic carbocycles. The van der Waals surface area contributed by atoms with Crippen LogP contribution in [0.25, 0.3) is 0 Å². The van der Waals surface area contributed by atoms with Crippen LogP contribution in [0.15, 0.2) is 30.3 Å². The third-order valence-corrected chi connectivity index (χ3v) is 13.3. The predicted molar refractivity (Wildman–Crippen MR) is 164 cm³/mol. The Morgan fingerprint density at radius 3 is 1.76 bits per heavy atom. The summed E-state index contributed by atoms with van der Waals surface area (Å²) in [6, 6.07) is 13.9. The molecule has 0 aliphatic heterocycles. The molecule has 0 amide bonds. The Morgan fingerprint density at radius 2 is 1.24 bits per heavy atom. The fourth-order valence-electron chi connectivity index (χ4n) is 5.49. The quantitative estimate of drug-likeness (QED) is 0.106. The molecular weight excluding hydrogens is 472 g/mol. The maximum absolute atomic E-state index is 11.3. The van der Waals surface area contributed by atoms with Gasteiger partial charge < -0.3 is 14.3 Å². The van der Waals surface area contributed by atoms with Gasteiger partial charge in [-0.15, -0.1) is 0 Å². The van der Waals surface area contributed by atoms with E-state index in [4.69, 9.17) is 9.16 Å². The molecular formula is C33H62O3Si. The lowest BCUT2D eigenvalue weighted by molar-refractivity contribution is -0.0627. The van der Waals surface area contributed by atoms with E-state index < -0.39 is 14.4 Å². The first kappa shape index (κ1) is 34.3. The van der Waals surface area contributed by atoms with Gasteiger partial charge in [0.1, 0.15) is 0 Å². The van der Waals surface area contributed by atoms with Crippen LogP contribution in [-0.2, 0) is 15.8 Å². The van der Waals surface area contributed by atoms with E-state index in [-0.39, 0.29) is 17.9 Å². The molecule has 1 aromatic rings. The van der Waals surface area contributed by atoms with E-state index in [2.05, 4.69) is 65.8 Å². The fraction of sp³-hybridized carbons (Fsp3) is 0.818. The Labute approximate surface area is 232 Å². The maximum atomic E-state index is 11.3. The molecule has 0 bridgehead atoms. The first-order chi connectivity index (χ1) is 17.9. The normalized spacial score (nSPS) is 15.4. The fourth-order valence-corrected chi connectivity index (χ4v) is 8.22. The minimum atomic E-state index is -1.64. The molecule has 1 rings (SSSR count). The zero-order valence-corrected chi connectivity index (χ0v) is 26.5. The number of benzene rings is 1. The molecule has 4 atom stereocenters.